The normalized spacial score (nSPS) is 17.1. The van der Waals surface area contributed by atoms with Gasteiger partial charge >= 0.3 is 12.0 Å². The third-order valence-electron chi connectivity index (χ3n) is 4.36. The van der Waals surface area contributed by atoms with Crippen molar-refractivity contribution in [1.29, 1.82) is 0 Å². The highest BCUT2D eigenvalue weighted by Gasteiger charge is 2.28. The smallest absolute Gasteiger partial charge is 0.321 e. The number of methoxy groups -OCH3 is 1. The highest BCUT2D eigenvalue weighted by molar-refractivity contribution is 8.00. The van der Waals surface area contributed by atoms with Gasteiger partial charge in [-0.2, -0.15) is 0 Å². The molecule has 10 nitrogen and oxygen atoms in total. The minimum Gasteiger partial charge on any atom is -0.497 e. The molecule has 0 aliphatic carbocycles. The van der Waals surface area contributed by atoms with E-state index in [1.807, 2.05) is 24.3 Å². The SMILES string of the molecule is CCOC(=O)C(C)Sc1nnc(CC2CC(=O)NC(=O)N2)n1-c1cccc(OC)c1. The zero-order chi connectivity index (χ0) is 21.7. The Morgan fingerprint density at radius 1 is 1.37 bits per heavy atom. The molecule has 3 amide bonds. The second-order valence-corrected chi connectivity index (χ2v) is 7.88. The lowest BCUT2D eigenvalue weighted by atomic mass is 10.1. The average molecular weight is 433 g/mol. The van der Waals surface area contributed by atoms with Crippen LogP contribution >= 0.6 is 11.8 Å². The van der Waals surface area contributed by atoms with Gasteiger partial charge in [0, 0.05) is 24.9 Å². The van der Waals surface area contributed by atoms with Gasteiger partial charge in [0.2, 0.25) is 5.91 Å². The first-order valence-corrected chi connectivity index (χ1v) is 10.3. The van der Waals surface area contributed by atoms with Crippen LogP contribution in [0.15, 0.2) is 29.4 Å². The maximum Gasteiger partial charge on any atom is 0.321 e. The number of aromatic nitrogens is 3. The van der Waals surface area contributed by atoms with E-state index >= 15 is 0 Å². The Bertz CT molecular complexity index is 931. The zero-order valence-electron chi connectivity index (χ0n) is 16.9. The molecule has 1 aromatic heterocycles. The highest BCUT2D eigenvalue weighted by Crippen LogP contribution is 2.28. The van der Waals surface area contributed by atoms with Gasteiger partial charge in [-0.3, -0.25) is 19.5 Å². The Labute approximate surface area is 177 Å². The summed E-state index contributed by atoms with van der Waals surface area (Å²) in [5.74, 6) is 0.496. The summed E-state index contributed by atoms with van der Waals surface area (Å²) >= 11 is 1.22. The van der Waals surface area contributed by atoms with Gasteiger partial charge < -0.3 is 14.8 Å². The topological polar surface area (TPSA) is 124 Å². The average Bonchev–Trinajstić information content (AvgIpc) is 3.09. The van der Waals surface area contributed by atoms with Crippen molar-refractivity contribution in [1.82, 2.24) is 25.4 Å². The lowest BCUT2D eigenvalue weighted by Crippen LogP contribution is -2.53. The molecule has 30 heavy (non-hydrogen) atoms. The van der Waals surface area contributed by atoms with Crippen molar-refractivity contribution in [2.75, 3.05) is 13.7 Å². The molecule has 1 aliphatic rings. The molecule has 0 radical (unpaired) electrons. The van der Waals surface area contributed by atoms with Crippen LogP contribution in [0, 0.1) is 0 Å². The minimum atomic E-state index is -0.533. The van der Waals surface area contributed by atoms with E-state index in [-0.39, 0.29) is 24.7 Å². The second kappa shape index (κ2) is 9.61. The number of benzene rings is 1. The second-order valence-electron chi connectivity index (χ2n) is 6.57. The number of hydrogen-bond acceptors (Lipinski definition) is 8. The Morgan fingerprint density at radius 3 is 2.87 bits per heavy atom. The van der Waals surface area contributed by atoms with E-state index in [0.717, 1.165) is 5.69 Å². The number of hydrogen-bond donors (Lipinski definition) is 2. The largest absolute Gasteiger partial charge is 0.497 e. The van der Waals surface area contributed by atoms with Crippen molar-refractivity contribution < 1.29 is 23.9 Å². The van der Waals surface area contributed by atoms with Crippen molar-refractivity contribution in [3.05, 3.63) is 30.1 Å². The summed E-state index contributed by atoms with van der Waals surface area (Å²) in [6.07, 6.45) is 0.427. The number of ether oxygens (including phenoxy) is 2. The summed E-state index contributed by atoms with van der Waals surface area (Å²) in [7, 11) is 1.57. The molecule has 2 heterocycles. The molecular formula is C19H23N5O5S. The predicted molar refractivity (Wildman–Crippen MR) is 109 cm³/mol. The number of nitrogens with zero attached hydrogens (tertiary/aromatic N) is 3. The highest BCUT2D eigenvalue weighted by atomic mass is 32.2. The molecule has 1 aromatic carbocycles. The molecule has 0 spiro atoms. The van der Waals surface area contributed by atoms with Crippen LogP contribution in [0.3, 0.4) is 0 Å². The predicted octanol–water partition coefficient (Wildman–Crippen LogP) is 1.46. The number of esters is 1. The van der Waals surface area contributed by atoms with Crippen LogP contribution in [0.1, 0.15) is 26.1 Å². The van der Waals surface area contributed by atoms with Crippen molar-refractivity contribution in [2.45, 2.75) is 43.1 Å². The fourth-order valence-electron chi connectivity index (χ4n) is 3.00. The van der Waals surface area contributed by atoms with Crippen LogP contribution in [0.4, 0.5) is 4.79 Å². The molecule has 2 atom stereocenters. The molecule has 2 unspecified atom stereocenters. The Hall–Kier alpha value is -3.08. The van der Waals surface area contributed by atoms with Gasteiger partial charge in [0.05, 0.1) is 19.4 Å². The fourth-order valence-corrected chi connectivity index (χ4v) is 3.89. The van der Waals surface area contributed by atoms with Gasteiger partial charge in [0.1, 0.15) is 16.8 Å². The molecule has 3 rings (SSSR count). The van der Waals surface area contributed by atoms with Crippen molar-refractivity contribution in [2.24, 2.45) is 0 Å². The van der Waals surface area contributed by atoms with Crippen LogP contribution < -0.4 is 15.4 Å². The summed E-state index contributed by atoms with van der Waals surface area (Å²) in [6.45, 7) is 3.78. The van der Waals surface area contributed by atoms with E-state index in [9.17, 15) is 14.4 Å². The Kier molecular flexibility index (Phi) is 6.93. The van der Waals surface area contributed by atoms with Crippen LogP contribution in [-0.2, 0) is 20.7 Å². The van der Waals surface area contributed by atoms with Crippen molar-refractivity contribution >= 4 is 29.7 Å². The van der Waals surface area contributed by atoms with Crippen LogP contribution in [-0.4, -0.2) is 57.7 Å². The maximum absolute atomic E-state index is 12.1. The van der Waals surface area contributed by atoms with Crippen LogP contribution in [0.5, 0.6) is 5.75 Å². The van der Waals surface area contributed by atoms with Crippen molar-refractivity contribution in [3.8, 4) is 11.4 Å². The van der Waals surface area contributed by atoms with E-state index in [1.165, 1.54) is 11.8 Å². The van der Waals surface area contributed by atoms with E-state index in [1.54, 1.807) is 25.5 Å². The van der Waals surface area contributed by atoms with Crippen LogP contribution in [0.2, 0.25) is 0 Å². The van der Waals surface area contributed by atoms with Crippen LogP contribution in [0.25, 0.3) is 5.69 Å². The lowest BCUT2D eigenvalue weighted by Gasteiger charge is -2.23. The summed E-state index contributed by atoms with van der Waals surface area (Å²) in [6, 6.07) is 6.37. The third-order valence-corrected chi connectivity index (χ3v) is 5.38. The number of urea groups is 1. The molecule has 2 aromatic rings. The van der Waals surface area contributed by atoms with Crippen molar-refractivity contribution in [3.63, 3.8) is 0 Å². The third kappa shape index (κ3) is 5.09. The number of thioether (sulfide) groups is 1. The summed E-state index contributed by atoms with van der Waals surface area (Å²) in [5, 5.41) is 13.4. The van der Waals surface area contributed by atoms with E-state index < -0.39 is 17.3 Å². The van der Waals surface area contributed by atoms with Gasteiger partial charge in [0.15, 0.2) is 5.16 Å². The summed E-state index contributed by atoms with van der Waals surface area (Å²) in [5.41, 5.74) is 0.736. The van der Waals surface area contributed by atoms with Gasteiger partial charge in [-0.05, 0) is 26.0 Å². The number of imide groups is 1. The number of carbonyl (C=O) groups excluding carboxylic acids is 3. The molecule has 160 valence electrons. The Morgan fingerprint density at radius 2 is 2.17 bits per heavy atom. The number of amides is 3. The molecule has 0 saturated carbocycles. The maximum atomic E-state index is 12.1. The first-order chi connectivity index (χ1) is 14.4. The van der Waals surface area contributed by atoms with Gasteiger partial charge in [-0.1, -0.05) is 17.8 Å². The first kappa shape index (κ1) is 21.6. The van der Waals surface area contributed by atoms with Gasteiger partial charge in [0.25, 0.3) is 0 Å². The standard InChI is InChI=1S/C19H23N5O5S/c1-4-29-17(26)11(2)30-19-23-22-15(8-12-9-16(25)21-18(27)20-12)24(19)13-6-5-7-14(10-13)28-3/h5-7,10-12H,4,8-9H2,1-3H3,(H2,20,21,25,27). The summed E-state index contributed by atoms with van der Waals surface area (Å²) < 4.78 is 12.2. The fraction of sp³-hybridized carbons (Fsp3) is 0.421. The first-order valence-electron chi connectivity index (χ1n) is 9.43. The molecule has 1 fully saturated rings. The Balaban J connectivity index is 1.94. The lowest BCUT2D eigenvalue weighted by molar-refractivity contribution is -0.142. The molecule has 11 heteroatoms. The van der Waals surface area contributed by atoms with E-state index in [4.69, 9.17) is 9.47 Å². The molecular weight excluding hydrogens is 410 g/mol. The zero-order valence-corrected chi connectivity index (χ0v) is 17.7. The molecule has 0 bridgehead atoms. The van der Waals surface area contributed by atoms with Gasteiger partial charge in [-0.25, -0.2) is 4.79 Å². The number of rotatable bonds is 8. The monoisotopic (exact) mass is 433 g/mol. The molecule has 1 saturated heterocycles. The minimum absolute atomic E-state index is 0.137. The summed E-state index contributed by atoms with van der Waals surface area (Å²) in [4.78, 5) is 35.4. The van der Waals surface area contributed by atoms with Gasteiger partial charge in [-0.15, -0.1) is 10.2 Å². The molecule has 2 N–H and O–H groups in total. The quantitative estimate of drug-likeness (QED) is 0.474. The van der Waals surface area contributed by atoms with E-state index in [2.05, 4.69) is 20.8 Å². The number of carbonyl (C=O) groups is 3. The number of nitrogens with one attached hydrogen (secondary N) is 2. The van der Waals surface area contributed by atoms with E-state index in [0.29, 0.717) is 23.3 Å². The molecule has 1 aliphatic heterocycles.